The third-order valence-corrected chi connectivity index (χ3v) is 4.40. The minimum atomic E-state index is 0.858. The average Bonchev–Trinajstić information content (AvgIpc) is 2.90. The topological polar surface area (TPSA) is 50.1 Å². The number of unbranched alkanes of at least 4 members (excludes halogenated alkanes) is 1. The zero-order valence-electron chi connectivity index (χ0n) is 14.1. The van der Waals surface area contributed by atoms with Crippen LogP contribution in [-0.2, 0) is 6.54 Å². The molecule has 124 valence electrons. The van der Waals surface area contributed by atoms with Gasteiger partial charge in [-0.15, -0.1) is 0 Å². The van der Waals surface area contributed by atoms with E-state index >= 15 is 0 Å². The molecule has 0 bridgehead atoms. The Morgan fingerprint density at radius 1 is 0.957 bits per heavy atom. The molecule has 2 aromatic rings. The van der Waals surface area contributed by atoms with Gasteiger partial charge in [0.25, 0.3) is 0 Å². The van der Waals surface area contributed by atoms with Crippen molar-refractivity contribution in [3.63, 3.8) is 0 Å². The number of aryl methyl sites for hydroxylation is 3. The van der Waals surface area contributed by atoms with Gasteiger partial charge in [-0.05, 0) is 45.4 Å². The van der Waals surface area contributed by atoms with E-state index in [9.17, 15) is 0 Å². The van der Waals surface area contributed by atoms with Crippen molar-refractivity contribution in [2.45, 2.75) is 33.2 Å². The zero-order chi connectivity index (χ0) is 16.1. The lowest BCUT2D eigenvalue weighted by atomic mass is 10.2. The Balaban J connectivity index is 1.36. The van der Waals surface area contributed by atoms with E-state index < -0.39 is 0 Å². The molecule has 0 atom stereocenters. The van der Waals surface area contributed by atoms with Crippen LogP contribution in [0.3, 0.4) is 0 Å². The summed E-state index contributed by atoms with van der Waals surface area (Å²) in [6.45, 7) is 10.6. The number of aromatic nitrogens is 4. The normalized spacial score (nSPS) is 16.0. The summed E-state index contributed by atoms with van der Waals surface area (Å²) < 4.78 is 2.13. The molecular formula is C17H26N6. The molecule has 0 N–H and O–H groups in total. The number of hydrogen-bond donors (Lipinski definition) is 0. The van der Waals surface area contributed by atoms with Crippen LogP contribution in [0.15, 0.2) is 24.5 Å². The van der Waals surface area contributed by atoms with Crippen molar-refractivity contribution in [3.05, 3.63) is 35.9 Å². The quantitative estimate of drug-likeness (QED) is 0.762. The van der Waals surface area contributed by atoms with Crippen LogP contribution in [0.25, 0.3) is 0 Å². The minimum Gasteiger partial charge on any atom is -0.338 e. The molecule has 0 spiro atoms. The highest BCUT2D eigenvalue weighted by atomic mass is 15.3. The predicted molar refractivity (Wildman–Crippen MR) is 91.6 cm³/mol. The fraction of sp³-hybridized carbons (Fsp3) is 0.588. The van der Waals surface area contributed by atoms with Gasteiger partial charge in [0.2, 0.25) is 5.95 Å². The first-order valence-electron chi connectivity index (χ1n) is 8.48. The van der Waals surface area contributed by atoms with Crippen molar-refractivity contribution in [1.29, 1.82) is 0 Å². The summed E-state index contributed by atoms with van der Waals surface area (Å²) in [4.78, 5) is 13.5. The molecule has 1 aliphatic heterocycles. The van der Waals surface area contributed by atoms with Gasteiger partial charge in [-0.3, -0.25) is 9.58 Å². The molecule has 6 nitrogen and oxygen atoms in total. The van der Waals surface area contributed by atoms with Crippen molar-refractivity contribution >= 4 is 5.95 Å². The van der Waals surface area contributed by atoms with E-state index in [1.807, 2.05) is 18.5 Å². The van der Waals surface area contributed by atoms with Gasteiger partial charge >= 0.3 is 0 Å². The van der Waals surface area contributed by atoms with Crippen LogP contribution >= 0.6 is 0 Å². The molecule has 0 unspecified atom stereocenters. The first-order chi connectivity index (χ1) is 11.2. The number of anilines is 1. The summed E-state index contributed by atoms with van der Waals surface area (Å²) in [7, 11) is 0. The van der Waals surface area contributed by atoms with Crippen molar-refractivity contribution < 1.29 is 0 Å². The van der Waals surface area contributed by atoms with Gasteiger partial charge in [-0.1, -0.05) is 0 Å². The minimum absolute atomic E-state index is 0.858. The van der Waals surface area contributed by atoms with Gasteiger partial charge in [-0.25, -0.2) is 9.97 Å². The van der Waals surface area contributed by atoms with Crippen LogP contribution in [0.5, 0.6) is 0 Å². The van der Waals surface area contributed by atoms with Crippen LogP contribution in [0.1, 0.15) is 24.2 Å². The lowest BCUT2D eigenvalue weighted by Crippen LogP contribution is -2.47. The number of piperazine rings is 1. The van der Waals surface area contributed by atoms with Gasteiger partial charge in [-0.2, -0.15) is 5.10 Å². The van der Waals surface area contributed by atoms with Crippen LogP contribution in [0, 0.1) is 13.8 Å². The fourth-order valence-electron chi connectivity index (χ4n) is 3.12. The number of nitrogens with zero attached hydrogens (tertiary/aromatic N) is 6. The first-order valence-corrected chi connectivity index (χ1v) is 8.48. The summed E-state index contributed by atoms with van der Waals surface area (Å²) in [6.07, 6.45) is 6.03. The van der Waals surface area contributed by atoms with Gasteiger partial charge in [0, 0.05) is 50.8 Å². The molecular weight excluding hydrogens is 288 g/mol. The highest BCUT2D eigenvalue weighted by molar-refractivity contribution is 5.29. The van der Waals surface area contributed by atoms with Crippen LogP contribution in [0.4, 0.5) is 5.95 Å². The predicted octanol–water partition coefficient (Wildman–Crippen LogP) is 1.89. The van der Waals surface area contributed by atoms with Crippen molar-refractivity contribution in [3.8, 4) is 0 Å². The van der Waals surface area contributed by atoms with E-state index in [1.54, 1.807) is 0 Å². The number of hydrogen-bond acceptors (Lipinski definition) is 5. The largest absolute Gasteiger partial charge is 0.338 e. The molecule has 1 saturated heterocycles. The van der Waals surface area contributed by atoms with Crippen molar-refractivity contribution in [1.82, 2.24) is 24.6 Å². The smallest absolute Gasteiger partial charge is 0.225 e. The third-order valence-electron chi connectivity index (χ3n) is 4.40. The molecule has 3 rings (SSSR count). The first kappa shape index (κ1) is 15.9. The second kappa shape index (κ2) is 7.55. The van der Waals surface area contributed by atoms with E-state index in [0.29, 0.717) is 0 Å². The summed E-state index contributed by atoms with van der Waals surface area (Å²) in [5.74, 6) is 0.858. The van der Waals surface area contributed by atoms with Crippen LogP contribution < -0.4 is 4.90 Å². The lowest BCUT2D eigenvalue weighted by molar-refractivity contribution is 0.249. The zero-order valence-corrected chi connectivity index (χ0v) is 14.1. The molecule has 6 heteroatoms. The Kier molecular flexibility index (Phi) is 5.23. The molecule has 2 aromatic heterocycles. The lowest BCUT2D eigenvalue weighted by Gasteiger charge is -2.34. The highest BCUT2D eigenvalue weighted by Crippen LogP contribution is 2.10. The maximum atomic E-state index is 4.52. The Bertz CT molecular complexity index is 601. The van der Waals surface area contributed by atoms with Crippen LogP contribution in [-0.4, -0.2) is 57.4 Å². The molecule has 23 heavy (non-hydrogen) atoms. The second-order valence-corrected chi connectivity index (χ2v) is 6.23. The van der Waals surface area contributed by atoms with Gasteiger partial charge in [0.1, 0.15) is 0 Å². The highest BCUT2D eigenvalue weighted by Gasteiger charge is 2.18. The standard InChI is InChI=1S/C17H26N6/c1-15-14-16(2)23(20-15)9-4-3-8-21-10-12-22(13-11-21)17-18-6-5-7-19-17/h5-7,14H,3-4,8-13H2,1-2H3. The Hall–Kier alpha value is -1.95. The molecule has 0 aromatic carbocycles. The maximum Gasteiger partial charge on any atom is 0.225 e. The number of rotatable bonds is 6. The molecule has 3 heterocycles. The molecule has 0 amide bonds. The Labute approximate surface area is 138 Å². The Morgan fingerprint density at radius 3 is 2.30 bits per heavy atom. The molecule has 0 saturated carbocycles. The van der Waals surface area contributed by atoms with Crippen LogP contribution in [0.2, 0.25) is 0 Å². The van der Waals surface area contributed by atoms with Crippen molar-refractivity contribution in [2.75, 3.05) is 37.6 Å². The summed E-state index contributed by atoms with van der Waals surface area (Å²) in [5.41, 5.74) is 2.38. The SMILES string of the molecule is Cc1cc(C)n(CCCCN2CCN(c3ncccn3)CC2)n1. The van der Waals surface area contributed by atoms with Gasteiger partial charge in [0.05, 0.1) is 5.69 Å². The summed E-state index contributed by atoms with van der Waals surface area (Å²) in [6, 6.07) is 4.01. The fourth-order valence-corrected chi connectivity index (χ4v) is 3.12. The maximum absolute atomic E-state index is 4.52. The molecule has 0 radical (unpaired) electrons. The second-order valence-electron chi connectivity index (χ2n) is 6.23. The van der Waals surface area contributed by atoms with E-state index in [0.717, 1.165) is 44.4 Å². The molecule has 1 fully saturated rings. The third kappa shape index (κ3) is 4.28. The van der Waals surface area contributed by atoms with Gasteiger partial charge in [0.15, 0.2) is 0 Å². The average molecular weight is 314 g/mol. The summed E-state index contributed by atoms with van der Waals surface area (Å²) >= 11 is 0. The van der Waals surface area contributed by atoms with E-state index in [1.165, 1.54) is 25.1 Å². The van der Waals surface area contributed by atoms with E-state index in [-0.39, 0.29) is 0 Å². The molecule has 0 aliphatic carbocycles. The van der Waals surface area contributed by atoms with E-state index in [4.69, 9.17) is 0 Å². The van der Waals surface area contributed by atoms with Crippen molar-refractivity contribution in [2.24, 2.45) is 0 Å². The summed E-state index contributed by atoms with van der Waals surface area (Å²) in [5, 5.41) is 4.52. The monoisotopic (exact) mass is 314 g/mol. The Morgan fingerprint density at radius 2 is 1.65 bits per heavy atom. The van der Waals surface area contributed by atoms with E-state index in [2.05, 4.69) is 49.5 Å². The molecule has 1 aliphatic rings. The van der Waals surface area contributed by atoms with Gasteiger partial charge < -0.3 is 4.90 Å².